The molecule has 9 nitrogen and oxygen atoms in total. The van der Waals surface area contributed by atoms with Crippen molar-refractivity contribution in [3.63, 3.8) is 0 Å². The molecule has 1 atom stereocenters. The van der Waals surface area contributed by atoms with Crippen molar-refractivity contribution in [2.75, 3.05) is 31.2 Å². The first-order chi connectivity index (χ1) is 16.2. The fraction of sp³-hybridized carbons (Fsp3) is 0.250. The van der Waals surface area contributed by atoms with E-state index in [1.54, 1.807) is 38.2 Å². The van der Waals surface area contributed by atoms with E-state index >= 15 is 0 Å². The van der Waals surface area contributed by atoms with Crippen LogP contribution in [-0.2, 0) is 17.9 Å². The number of hydrogen-bond donors (Lipinski definition) is 3. The third-order valence-corrected chi connectivity index (χ3v) is 5.55. The van der Waals surface area contributed by atoms with E-state index in [4.69, 9.17) is 17.3 Å². The average molecular weight is 485 g/mol. The number of halogens is 1. The Kier molecular flexibility index (Phi) is 8.04. The number of anilines is 2. The summed E-state index contributed by atoms with van der Waals surface area (Å²) in [6, 6.07) is 15.8. The first kappa shape index (κ1) is 24.9. The van der Waals surface area contributed by atoms with E-state index in [1.165, 1.54) is 4.57 Å². The Balaban J connectivity index is 1.81. The Labute approximate surface area is 201 Å². The molecule has 0 bridgehead atoms. The lowest BCUT2D eigenvalue weighted by Crippen LogP contribution is -3.11. The van der Waals surface area contributed by atoms with Crippen LogP contribution in [0, 0.1) is 0 Å². The van der Waals surface area contributed by atoms with Gasteiger partial charge in [-0.3, -0.25) is 23.5 Å². The number of aromatic nitrogens is 2. The monoisotopic (exact) mass is 484 g/mol. The van der Waals surface area contributed by atoms with E-state index in [0.29, 0.717) is 15.6 Å². The normalized spacial score (nSPS) is 11.7. The lowest BCUT2D eigenvalue weighted by atomic mass is 10.1. The zero-order valence-corrected chi connectivity index (χ0v) is 19.8. The summed E-state index contributed by atoms with van der Waals surface area (Å²) in [5.41, 5.74) is 6.02. The summed E-state index contributed by atoms with van der Waals surface area (Å²) in [5, 5.41) is 3.28. The maximum atomic E-state index is 13.1. The predicted molar refractivity (Wildman–Crippen MR) is 132 cm³/mol. The molecule has 2 aromatic carbocycles. The van der Waals surface area contributed by atoms with Crippen molar-refractivity contribution in [2.45, 2.75) is 20.0 Å². The average Bonchev–Trinajstić information content (AvgIpc) is 2.79. The minimum absolute atomic E-state index is 0.0140. The molecule has 178 valence electrons. The predicted octanol–water partition coefficient (Wildman–Crippen LogP) is 0.650. The first-order valence-corrected chi connectivity index (χ1v) is 11.2. The third-order valence-electron chi connectivity index (χ3n) is 5.30. The fourth-order valence-electron chi connectivity index (χ4n) is 3.61. The van der Waals surface area contributed by atoms with Crippen LogP contribution >= 0.6 is 11.6 Å². The highest BCUT2D eigenvalue weighted by Gasteiger charge is 2.25. The highest BCUT2D eigenvalue weighted by Crippen LogP contribution is 2.13. The molecule has 0 aliphatic heterocycles. The molecule has 34 heavy (non-hydrogen) atoms. The van der Waals surface area contributed by atoms with Gasteiger partial charge in [0.1, 0.15) is 17.9 Å². The maximum Gasteiger partial charge on any atom is 0.332 e. The van der Waals surface area contributed by atoms with Crippen LogP contribution in [0.2, 0.25) is 5.02 Å². The van der Waals surface area contributed by atoms with E-state index in [1.807, 2.05) is 30.3 Å². The summed E-state index contributed by atoms with van der Waals surface area (Å²) in [4.78, 5) is 51.7. The molecule has 3 rings (SSSR count). The number of nitrogens with two attached hydrogens (primary N) is 1. The molecule has 10 heteroatoms. The molecular formula is C24H27ClN5O4+. The van der Waals surface area contributed by atoms with Gasteiger partial charge in [0.15, 0.2) is 6.54 Å². The van der Waals surface area contributed by atoms with Gasteiger partial charge in [0.2, 0.25) is 5.78 Å². The SMILES string of the molecule is CCn1c(=O)c(C(=O)C[NH+](C)CC(=O)Nc2ccc(Cl)cc2)c(N)n(Cc2ccccc2)c1=O. The van der Waals surface area contributed by atoms with Crippen LogP contribution in [-0.4, -0.2) is 41.0 Å². The molecule has 0 aliphatic carbocycles. The molecule has 1 amide bonds. The second kappa shape index (κ2) is 11.0. The van der Waals surface area contributed by atoms with E-state index in [0.717, 1.165) is 10.1 Å². The van der Waals surface area contributed by atoms with Crippen molar-refractivity contribution < 1.29 is 14.5 Å². The Hall–Kier alpha value is -3.69. The van der Waals surface area contributed by atoms with Gasteiger partial charge >= 0.3 is 5.69 Å². The van der Waals surface area contributed by atoms with Gasteiger partial charge < -0.3 is 16.0 Å². The highest BCUT2D eigenvalue weighted by atomic mass is 35.5. The van der Waals surface area contributed by atoms with Gasteiger partial charge in [0, 0.05) is 17.3 Å². The van der Waals surface area contributed by atoms with Crippen LogP contribution in [0.4, 0.5) is 11.5 Å². The molecule has 0 saturated carbocycles. The van der Waals surface area contributed by atoms with Crippen molar-refractivity contribution >= 4 is 34.8 Å². The standard InChI is InChI=1S/C24H26ClN5O4/c1-3-29-23(33)21(22(26)30(24(29)34)13-16-7-5-4-6-8-16)19(31)14-28(2)15-20(32)27-18-11-9-17(25)10-12-18/h4-12H,3,13-15,26H2,1-2H3,(H,27,32)/p+1. The minimum atomic E-state index is -0.724. The lowest BCUT2D eigenvalue weighted by molar-refractivity contribution is -0.861. The molecule has 1 unspecified atom stereocenters. The summed E-state index contributed by atoms with van der Waals surface area (Å²) in [7, 11) is 1.66. The molecule has 0 saturated heterocycles. The summed E-state index contributed by atoms with van der Waals surface area (Å²) >= 11 is 5.85. The van der Waals surface area contributed by atoms with Gasteiger partial charge in [0.05, 0.1) is 13.6 Å². The summed E-state index contributed by atoms with van der Waals surface area (Å²) in [6.07, 6.45) is 0. The zero-order valence-electron chi connectivity index (χ0n) is 19.0. The van der Waals surface area contributed by atoms with E-state index < -0.39 is 17.0 Å². The minimum Gasteiger partial charge on any atom is -0.384 e. The largest absolute Gasteiger partial charge is 0.384 e. The molecule has 3 aromatic rings. The van der Waals surface area contributed by atoms with Crippen LogP contribution < -0.4 is 27.2 Å². The number of carbonyl (C=O) groups excluding carboxylic acids is 2. The fourth-order valence-corrected chi connectivity index (χ4v) is 3.74. The van der Waals surface area contributed by atoms with Crippen molar-refractivity contribution in [3.8, 4) is 0 Å². The van der Waals surface area contributed by atoms with Gasteiger partial charge in [0.25, 0.3) is 11.5 Å². The number of Topliss-reactive ketones (excluding diaryl/α,β-unsaturated/α-hetero) is 1. The summed E-state index contributed by atoms with van der Waals surface area (Å²) in [5.74, 6) is -1.02. The summed E-state index contributed by atoms with van der Waals surface area (Å²) < 4.78 is 2.23. The molecule has 0 radical (unpaired) electrons. The van der Waals surface area contributed by atoms with Crippen LogP contribution in [0.3, 0.4) is 0 Å². The van der Waals surface area contributed by atoms with Crippen LogP contribution in [0.5, 0.6) is 0 Å². The van der Waals surface area contributed by atoms with E-state index in [-0.39, 0.29) is 43.5 Å². The number of quaternary nitrogens is 1. The van der Waals surface area contributed by atoms with Crippen molar-refractivity contribution in [1.82, 2.24) is 9.13 Å². The van der Waals surface area contributed by atoms with E-state index in [9.17, 15) is 19.2 Å². The van der Waals surface area contributed by atoms with Crippen LogP contribution in [0.25, 0.3) is 0 Å². The number of nitrogen functional groups attached to an aromatic ring is 1. The lowest BCUT2D eigenvalue weighted by Gasteiger charge is -2.17. The first-order valence-electron chi connectivity index (χ1n) is 10.8. The van der Waals surface area contributed by atoms with Crippen molar-refractivity contribution in [2.24, 2.45) is 0 Å². The number of nitrogens with zero attached hydrogens (tertiary/aromatic N) is 2. The Morgan fingerprint density at radius 3 is 2.26 bits per heavy atom. The maximum absolute atomic E-state index is 13.1. The number of benzene rings is 2. The van der Waals surface area contributed by atoms with Crippen LogP contribution in [0.15, 0.2) is 64.2 Å². The van der Waals surface area contributed by atoms with Gasteiger partial charge in [-0.1, -0.05) is 41.9 Å². The number of nitrogens with one attached hydrogen (secondary N) is 2. The molecule has 1 heterocycles. The van der Waals surface area contributed by atoms with Crippen molar-refractivity contribution in [1.29, 1.82) is 0 Å². The third kappa shape index (κ3) is 5.81. The van der Waals surface area contributed by atoms with Gasteiger partial charge in [-0.2, -0.15) is 0 Å². The molecule has 1 aromatic heterocycles. The molecule has 0 fully saturated rings. The topological polar surface area (TPSA) is 121 Å². The van der Waals surface area contributed by atoms with Crippen molar-refractivity contribution in [3.05, 3.63) is 91.6 Å². The zero-order chi connectivity index (χ0) is 24.8. The second-order valence-corrected chi connectivity index (χ2v) is 8.39. The summed E-state index contributed by atoms with van der Waals surface area (Å²) in [6.45, 7) is 1.71. The number of likely N-dealkylation sites (N-methyl/N-ethyl adjacent to an activating group) is 1. The van der Waals surface area contributed by atoms with Gasteiger partial charge in [-0.15, -0.1) is 0 Å². The number of carbonyl (C=O) groups is 2. The van der Waals surface area contributed by atoms with E-state index in [2.05, 4.69) is 5.32 Å². The van der Waals surface area contributed by atoms with Crippen LogP contribution in [0.1, 0.15) is 22.8 Å². The van der Waals surface area contributed by atoms with Gasteiger partial charge in [-0.25, -0.2) is 4.79 Å². The second-order valence-electron chi connectivity index (χ2n) is 7.95. The molecule has 0 aliphatic rings. The highest BCUT2D eigenvalue weighted by molar-refractivity contribution is 6.30. The smallest absolute Gasteiger partial charge is 0.332 e. The Morgan fingerprint density at radius 2 is 1.65 bits per heavy atom. The van der Waals surface area contributed by atoms with Gasteiger partial charge in [-0.05, 0) is 36.8 Å². The molecule has 4 N–H and O–H groups in total. The number of rotatable bonds is 9. The number of ketones is 1. The molecular weight excluding hydrogens is 458 g/mol. The number of amides is 1. The number of hydrogen-bond acceptors (Lipinski definition) is 5. The Morgan fingerprint density at radius 1 is 1.00 bits per heavy atom. The molecule has 0 spiro atoms. The quantitative estimate of drug-likeness (QED) is 0.385. The Bertz CT molecular complexity index is 1300.